The Kier molecular flexibility index (Phi) is 3.11. The fraction of sp³-hybridized carbons (Fsp3) is 0. The molecule has 1 nitrogen and oxygen atoms in total. The van der Waals surface area contributed by atoms with Crippen LogP contribution in [0.15, 0.2) is 12.3 Å². The number of allylic oxidation sites excluding steroid dienone is 1. The van der Waals surface area contributed by atoms with Crippen molar-refractivity contribution >= 4 is 13.5 Å². The Hall–Kier alpha value is -0.525. The third-order valence-corrected chi connectivity index (χ3v) is 0.222. The Labute approximate surface area is 32.6 Å². The first kappa shape index (κ1) is 4.47. The summed E-state index contributed by atoms with van der Waals surface area (Å²) in [6.45, 7) is 0. The summed E-state index contributed by atoms with van der Waals surface area (Å²) in [4.78, 5) is 0. The summed E-state index contributed by atoms with van der Waals surface area (Å²) in [5.41, 5.74) is 4.85. The zero-order chi connectivity index (χ0) is 4.12. The molecule has 0 saturated carbocycles. The molecule has 2 heteroatoms. The molecule has 25 valence electrons. The van der Waals surface area contributed by atoms with Crippen LogP contribution in [0.5, 0.6) is 0 Å². The molecule has 0 spiro atoms. The van der Waals surface area contributed by atoms with E-state index in [1.807, 2.05) is 0 Å². The van der Waals surface area contributed by atoms with E-state index in [1.54, 1.807) is 6.08 Å². The third-order valence-electron chi connectivity index (χ3n) is 0.222. The van der Waals surface area contributed by atoms with Crippen molar-refractivity contribution in [3.63, 3.8) is 0 Å². The number of rotatable bonds is 1. The summed E-state index contributed by atoms with van der Waals surface area (Å²) in [5.74, 6) is 1.38. The Morgan fingerprint density at radius 2 is 2.20 bits per heavy atom. The van der Waals surface area contributed by atoms with Gasteiger partial charge in [-0.2, -0.15) is 0 Å². The van der Waals surface area contributed by atoms with Crippen LogP contribution in [0.3, 0.4) is 0 Å². The van der Waals surface area contributed by atoms with Gasteiger partial charge in [0.2, 0.25) is 0 Å². The topological polar surface area (TPSA) is 26.0 Å². The number of hydrogen-bond donors (Lipinski definition) is 1. The molecule has 0 unspecified atom stereocenters. The summed E-state index contributed by atoms with van der Waals surface area (Å²) in [7, 11) is 4.85. The van der Waals surface area contributed by atoms with Crippen molar-refractivity contribution in [3.8, 4) is 0 Å². The van der Waals surface area contributed by atoms with E-state index in [9.17, 15) is 0 Å². The van der Waals surface area contributed by atoms with Gasteiger partial charge in [-0.15, -0.1) is 0 Å². The van der Waals surface area contributed by atoms with Gasteiger partial charge in [-0.05, 0) is 0 Å². The summed E-state index contributed by atoms with van der Waals surface area (Å²) in [6.07, 6.45) is 2.93. The molecule has 0 aromatic heterocycles. The molecule has 0 aromatic rings. The molecule has 0 amide bonds. The van der Waals surface area contributed by atoms with Gasteiger partial charge in [0.25, 0.3) is 0 Å². The van der Waals surface area contributed by atoms with Crippen molar-refractivity contribution in [3.05, 3.63) is 12.3 Å². The van der Waals surface area contributed by atoms with Gasteiger partial charge in [-0.1, -0.05) is 0 Å². The van der Waals surface area contributed by atoms with Gasteiger partial charge < -0.3 is 0 Å². The molecule has 0 rings (SSSR count). The summed E-state index contributed by atoms with van der Waals surface area (Å²) in [6, 6.07) is 0. The molecule has 5 heavy (non-hydrogen) atoms. The molecular formula is C3H5BN. The van der Waals surface area contributed by atoms with Crippen molar-refractivity contribution in [2.24, 2.45) is 5.73 Å². The summed E-state index contributed by atoms with van der Waals surface area (Å²) in [5, 5.41) is 0. The first-order valence-corrected chi connectivity index (χ1v) is 1.33. The Morgan fingerprint density at radius 1 is 1.60 bits per heavy atom. The van der Waals surface area contributed by atoms with E-state index in [1.165, 1.54) is 12.2 Å². The Balaban J connectivity index is 2.92. The molecule has 0 bridgehead atoms. The first-order chi connectivity index (χ1) is 2.41. The van der Waals surface area contributed by atoms with Crippen molar-refractivity contribution in [2.75, 3.05) is 0 Å². The molecule has 2 N–H and O–H groups in total. The molecule has 1 radical (unpaired) electrons. The van der Waals surface area contributed by atoms with Crippen molar-refractivity contribution in [2.45, 2.75) is 0 Å². The Morgan fingerprint density at radius 3 is 2.20 bits per heavy atom. The van der Waals surface area contributed by atoms with Crippen LogP contribution in [0.1, 0.15) is 0 Å². The molecule has 0 aliphatic carbocycles. The second kappa shape index (κ2) is 3.47. The molecule has 0 saturated heterocycles. The average Bonchev–Trinajstić information content (AvgIpc) is 1.41. The molecule has 0 aliphatic rings. The monoisotopic (exact) mass is 66.1 g/mol. The number of nitrogens with two attached hydrogens (primary N) is 1. The second-order valence-electron chi connectivity index (χ2n) is 0.577. The van der Waals surface area contributed by atoms with Crippen LogP contribution in [-0.2, 0) is 0 Å². The van der Waals surface area contributed by atoms with Crippen molar-refractivity contribution in [1.82, 2.24) is 0 Å². The van der Waals surface area contributed by atoms with Crippen molar-refractivity contribution < 1.29 is 0 Å². The molecule has 0 aliphatic heterocycles. The summed E-state index contributed by atoms with van der Waals surface area (Å²) >= 11 is 0. The van der Waals surface area contributed by atoms with E-state index < -0.39 is 0 Å². The fourth-order valence-electron chi connectivity index (χ4n) is 0.0642. The normalized spacial score (nSPS) is 8.60. The van der Waals surface area contributed by atoms with Gasteiger partial charge in [-0.3, -0.25) is 0 Å². The fourth-order valence-corrected chi connectivity index (χ4v) is 0.0642. The second-order valence-corrected chi connectivity index (χ2v) is 0.577. The van der Waals surface area contributed by atoms with E-state index in [2.05, 4.69) is 0 Å². The first-order valence-electron chi connectivity index (χ1n) is 1.33. The van der Waals surface area contributed by atoms with Gasteiger partial charge >= 0.3 is 31.5 Å². The maximum absolute atomic E-state index is 4.85. The van der Waals surface area contributed by atoms with E-state index in [0.717, 1.165) is 0 Å². The zero-order valence-electron chi connectivity index (χ0n) is 2.89. The van der Waals surface area contributed by atoms with E-state index in [-0.39, 0.29) is 0 Å². The van der Waals surface area contributed by atoms with Crippen LogP contribution >= 0.6 is 0 Å². The third kappa shape index (κ3) is 3.47. The van der Waals surface area contributed by atoms with E-state index >= 15 is 0 Å². The van der Waals surface area contributed by atoms with Gasteiger partial charge in [-0.25, -0.2) is 0 Å². The SMILES string of the molecule is [B]=C/C=C\N. The molecule has 0 aromatic carbocycles. The van der Waals surface area contributed by atoms with Crippen LogP contribution in [0, 0.1) is 0 Å². The van der Waals surface area contributed by atoms with E-state index in [4.69, 9.17) is 13.2 Å². The quantitative estimate of drug-likeness (QED) is 0.407. The predicted octanol–water partition coefficient (Wildman–Crippen LogP) is -0.571. The van der Waals surface area contributed by atoms with Gasteiger partial charge in [0.1, 0.15) is 0 Å². The van der Waals surface area contributed by atoms with Gasteiger partial charge in [0.05, 0.1) is 0 Å². The van der Waals surface area contributed by atoms with Crippen molar-refractivity contribution in [1.29, 1.82) is 0 Å². The van der Waals surface area contributed by atoms with Crippen LogP contribution < -0.4 is 5.73 Å². The molecule has 0 atom stereocenters. The van der Waals surface area contributed by atoms with E-state index in [0.29, 0.717) is 0 Å². The Bertz CT molecular complexity index is 48.9. The van der Waals surface area contributed by atoms with Crippen LogP contribution in [0.2, 0.25) is 0 Å². The minimum atomic E-state index is 1.38. The summed E-state index contributed by atoms with van der Waals surface area (Å²) < 4.78 is 0. The average molecular weight is 65.9 g/mol. The maximum atomic E-state index is 4.85. The molecule has 0 fully saturated rings. The predicted molar refractivity (Wildman–Crippen MR) is 25.1 cm³/mol. The standard InChI is InChI=1S/C3H5BN/c4-2-1-3-5/h1-3H,5H2/b3-1-. The molecular weight excluding hydrogens is 60.9 g/mol. The van der Waals surface area contributed by atoms with Crippen LogP contribution in [-0.4, -0.2) is 13.5 Å². The minimum absolute atomic E-state index is 1.38. The number of hydrogen-bond acceptors (Lipinski definition) is 1. The zero-order valence-corrected chi connectivity index (χ0v) is 2.89. The van der Waals surface area contributed by atoms with Crippen LogP contribution in [0.4, 0.5) is 0 Å². The van der Waals surface area contributed by atoms with Gasteiger partial charge in [0.15, 0.2) is 0 Å². The van der Waals surface area contributed by atoms with Gasteiger partial charge in [0, 0.05) is 0 Å². The molecule has 0 heterocycles. The van der Waals surface area contributed by atoms with Crippen LogP contribution in [0.25, 0.3) is 0 Å².